The summed E-state index contributed by atoms with van der Waals surface area (Å²) in [6.07, 6.45) is -0.833. The Labute approximate surface area is 72.9 Å². The van der Waals surface area contributed by atoms with Crippen LogP contribution in [0.2, 0.25) is 0 Å². The molecule has 0 rings (SSSR count). The molecule has 10 heavy (non-hydrogen) atoms. The third-order valence-corrected chi connectivity index (χ3v) is 0.802. The zero-order valence-corrected chi connectivity index (χ0v) is 7.08. The van der Waals surface area contributed by atoms with Crippen LogP contribution in [0.3, 0.4) is 0 Å². The molecule has 0 unspecified atom stereocenters. The van der Waals surface area contributed by atoms with Crippen LogP contribution in [0.5, 0.6) is 0 Å². The van der Waals surface area contributed by atoms with E-state index in [2.05, 4.69) is 9.73 Å². The van der Waals surface area contributed by atoms with Crippen molar-refractivity contribution >= 4 is 45.5 Å². The molecule has 0 saturated heterocycles. The van der Waals surface area contributed by atoms with Gasteiger partial charge in [-0.05, 0) is 23.2 Å². The lowest BCUT2D eigenvalue weighted by atomic mass is 10.8. The normalized spacial score (nSPS) is 8.70. The summed E-state index contributed by atoms with van der Waals surface area (Å²) in [6, 6.07) is 0. The van der Waals surface area contributed by atoms with Crippen molar-refractivity contribution in [2.24, 2.45) is 4.99 Å². The van der Waals surface area contributed by atoms with Gasteiger partial charge in [-0.3, -0.25) is 0 Å². The molecule has 0 fully saturated rings. The third kappa shape index (κ3) is 6.13. The monoisotopic (exact) mass is 203 g/mol. The van der Waals surface area contributed by atoms with Crippen LogP contribution in [0.25, 0.3) is 0 Å². The van der Waals surface area contributed by atoms with Crippen LogP contribution < -0.4 is 0 Å². The molecule has 0 aliphatic heterocycles. The predicted molar refractivity (Wildman–Crippen MR) is 41.2 cm³/mol. The van der Waals surface area contributed by atoms with Gasteiger partial charge >= 0.3 is 6.09 Å². The lowest BCUT2D eigenvalue weighted by molar-refractivity contribution is 0.164. The zero-order chi connectivity index (χ0) is 7.98. The fourth-order valence-electron chi connectivity index (χ4n) is 0.227. The highest BCUT2D eigenvalue weighted by Crippen LogP contribution is 1.94. The highest BCUT2D eigenvalue weighted by molar-refractivity contribution is 6.95. The maximum atomic E-state index is 10.4. The van der Waals surface area contributed by atoms with Gasteiger partial charge in [-0.1, -0.05) is 0 Å². The Kier molecular flexibility index (Phi) is 5.78. The summed E-state index contributed by atoms with van der Waals surface area (Å²) >= 11 is 15.3. The summed E-state index contributed by atoms with van der Waals surface area (Å²) in [4.78, 5) is 13.4. The van der Waals surface area contributed by atoms with Crippen LogP contribution in [-0.4, -0.2) is 23.2 Å². The zero-order valence-electron chi connectivity index (χ0n) is 4.81. The first-order chi connectivity index (χ1) is 4.66. The van der Waals surface area contributed by atoms with Crippen molar-refractivity contribution in [3.05, 3.63) is 0 Å². The van der Waals surface area contributed by atoms with Crippen LogP contribution in [0.1, 0.15) is 0 Å². The molecule has 0 aromatic rings. The minimum absolute atomic E-state index is 0.102. The van der Waals surface area contributed by atoms with Crippen molar-refractivity contribution in [2.45, 2.75) is 0 Å². The molecule has 0 N–H and O–H groups in total. The summed E-state index contributed by atoms with van der Waals surface area (Å²) in [5.41, 5.74) is 0. The second-order valence-corrected chi connectivity index (χ2v) is 2.44. The van der Waals surface area contributed by atoms with Gasteiger partial charge in [0.2, 0.25) is 4.63 Å². The second kappa shape index (κ2) is 5.77. The van der Waals surface area contributed by atoms with Gasteiger partial charge < -0.3 is 4.74 Å². The number of hydrogen-bond donors (Lipinski definition) is 0. The molecule has 1 amide bonds. The van der Waals surface area contributed by atoms with E-state index in [-0.39, 0.29) is 17.1 Å². The van der Waals surface area contributed by atoms with Gasteiger partial charge in [0, 0.05) is 0 Å². The van der Waals surface area contributed by atoms with E-state index in [1.54, 1.807) is 0 Å². The number of aliphatic imine (C=N–C) groups is 1. The summed E-state index contributed by atoms with van der Waals surface area (Å²) in [7, 11) is 0. The first kappa shape index (κ1) is 10.0. The summed E-state index contributed by atoms with van der Waals surface area (Å²) < 4.78 is 4.00. The Morgan fingerprint density at radius 1 is 1.50 bits per heavy atom. The van der Waals surface area contributed by atoms with Crippen LogP contribution in [0.15, 0.2) is 4.99 Å². The fraction of sp³-hybridized carbons (Fsp3) is 0.500. The van der Waals surface area contributed by atoms with Gasteiger partial charge in [-0.2, -0.15) is 4.99 Å². The standard InChI is InChI=1S/C4H4Cl3NO2/c5-1-2-10-4(9)8-3(6)7/h1-2H2. The number of hydrogen-bond acceptors (Lipinski definition) is 2. The Bertz CT molecular complexity index is 143. The Hall–Kier alpha value is 0.01000. The van der Waals surface area contributed by atoms with Crippen LogP contribution in [0, 0.1) is 0 Å². The van der Waals surface area contributed by atoms with Crippen molar-refractivity contribution in [1.82, 2.24) is 0 Å². The van der Waals surface area contributed by atoms with Crippen LogP contribution >= 0.6 is 34.8 Å². The summed E-state index contributed by atoms with van der Waals surface area (Å²) in [5, 5.41) is 0. The molecule has 0 aliphatic carbocycles. The van der Waals surface area contributed by atoms with E-state index in [9.17, 15) is 4.79 Å². The average molecular weight is 204 g/mol. The quantitative estimate of drug-likeness (QED) is 0.511. The van der Waals surface area contributed by atoms with E-state index in [4.69, 9.17) is 34.8 Å². The van der Waals surface area contributed by atoms with Crippen molar-refractivity contribution in [1.29, 1.82) is 0 Å². The molecule has 0 bridgehead atoms. The molecule has 0 aliphatic rings. The molecule has 0 heterocycles. The average Bonchev–Trinajstić information content (AvgIpc) is 1.82. The molecule has 0 saturated carbocycles. The van der Waals surface area contributed by atoms with E-state index < -0.39 is 6.09 Å². The summed E-state index contributed by atoms with van der Waals surface area (Å²) in [6.45, 7) is 0.102. The first-order valence-electron chi connectivity index (χ1n) is 2.29. The SMILES string of the molecule is O=C(N=C(Cl)Cl)OCCCl. The smallest absolute Gasteiger partial charge is 0.435 e. The Morgan fingerprint density at radius 3 is 2.50 bits per heavy atom. The molecule has 0 spiro atoms. The van der Waals surface area contributed by atoms with E-state index >= 15 is 0 Å². The molecule has 6 heteroatoms. The molecular weight excluding hydrogens is 200 g/mol. The number of alkyl halides is 1. The number of ether oxygens (including phenoxy) is 1. The fourth-order valence-corrected chi connectivity index (χ4v) is 0.442. The lowest BCUT2D eigenvalue weighted by Gasteiger charge is -1.94. The maximum Gasteiger partial charge on any atom is 0.435 e. The number of rotatable bonds is 2. The van der Waals surface area contributed by atoms with Gasteiger partial charge in [-0.25, -0.2) is 4.79 Å². The number of carbonyl (C=O) groups excluding carboxylic acids is 1. The van der Waals surface area contributed by atoms with Gasteiger partial charge in [-0.15, -0.1) is 11.6 Å². The number of halogens is 3. The Morgan fingerprint density at radius 2 is 2.10 bits per heavy atom. The number of nitrogens with zero attached hydrogens (tertiary/aromatic N) is 1. The van der Waals surface area contributed by atoms with Gasteiger partial charge in [0.05, 0.1) is 5.88 Å². The van der Waals surface area contributed by atoms with Crippen molar-refractivity contribution in [3.8, 4) is 0 Å². The van der Waals surface area contributed by atoms with Crippen LogP contribution in [-0.2, 0) is 4.74 Å². The van der Waals surface area contributed by atoms with Gasteiger partial charge in [0.1, 0.15) is 6.61 Å². The van der Waals surface area contributed by atoms with Crippen molar-refractivity contribution in [3.63, 3.8) is 0 Å². The minimum Gasteiger partial charge on any atom is -0.447 e. The maximum absolute atomic E-state index is 10.4. The van der Waals surface area contributed by atoms with E-state index in [1.165, 1.54) is 0 Å². The topological polar surface area (TPSA) is 38.7 Å². The lowest BCUT2D eigenvalue weighted by Crippen LogP contribution is -2.01. The van der Waals surface area contributed by atoms with E-state index in [0.717, 1.165) is 0 Å². The molecular formula is C4H4Cl3NO2. The van der Waals surface area contributed by atoms with Gasteiger partial charge in [0.25, 0.3) is 0 Å². The molecule has 0 atom stereocenters. The molecule has 58 valence electrons. The Balaban J connectivity index is 3.54. The van der Waals surface area contributed by atoms with Crippen molar-refractivity contribution in [2.75, 3.05) is 12.5 Å². The predicted octanol–water partition coefficient (Wildman–Crippen LogP) is 2.20. The largest absolute Gasteiger partial charge is 0.447 e. The first-order valence-corrected chi connectivity index (χ1v) is 3.58. The third-order valence-electron chi connectivity index (χ3n) is 0.478. The van der Waals surface area contributed by atoms with Crippen LogP contribution in [0.4, 0.5) is 4.79 Å². The summed E-state index contributed by atoms with van der Waals surface area (Å²) in [5.74, 6) is 0.223. The van der Waals surface area contributed by atoms with E-state index in [1.807, 2.05) is 0 Å². The minimum atomic E-state index is -0.833. The highest BCUT2D eigenvalue weighted by Gasteiger charge is 1.98. The molecule has 0 aromatic carbocycles. The number of amides is 1. The second-order valence-electron chi connectivity index (χ2n) is 1.16. The number of carbonyl (C=O) groups is 1. The molecule has 0 radical (unpaired) electrons. The molecule has 0 aromatic heterocycles. The van der Waals surface area contributed by atoms with Gasteiger partial charge in [0.15, 0.2) is 0 Å². The highest BCUT2D eigenvalue weighted by atomic mass is 35.5. The van der Waals surface area contributed by atoms with Crippen molar-refractivity contribution < 1.29 is 9.53 Å². The van der Waals surface area contributed by atoms with E-state index in [0.29, 0.717) is 0 Å². The molecule has 3 nitrogen and oxygen atoms in total.